The van der Waals surface area contributed by atoms with Gasteiger partial charge >= 0.3 is 5.97 Å². The van der Waals surface area contributed by atoms with Crippen molar-refractivity contribution in [3.05, 3.63) is 23.5 Å². The summed E-state index contributed by atoms with van der Waals surface area (Å²) in [6, 6.07) is 2.86. The van der Waals surface area contributed by atoms with Gasteiger partial charge in [-0.2, -0.15) is 0 Å². The van der Waals surface area contributed by atoms with Crippen molar-refractivity contribution < 1.29 is 23.8 Å². The fourth-order valence-corrected chi connectivity index (χ4v) is 2.54. The lowest BCUT2D eigenvalue weighted by molar-refractivity contribution is -0.137. The van der Waals surface area contributed by atoms with Crippen LogP contribution in [-0.2, 0) is 10.2 Å². The third kappa shape index (κ3) is 1.70. The van der Waals surface area contributed by atoms with Crippen molar-refractivity contribution in [2.45, 2.75) is 24.7 Å². The number of halogens is 1. The SMILES string of the molecule is O=C(O)CC1(c2c(F)ccc3c2OCCO3)CC1. The number of ether oxygens (including phenoxy) is 2. The summed E-state index contributed by atoms with van der Waals surface area (Å²) in [4.78, 5) is 10.9. The van der Waals surface area contributed by atoms with Crippen LogP contribution in [0, 0.1) is 5.82 Å². The second-order valence-electron chi connectivity index (χ2n) is 4.80. The van der Waals surface area contributed by atoms with Crippen molar-refractivity contribution in [3.63, 3.8) is 0 Å². The molecule has 1 aliphatic heterocycles. The van der Waals surface area contributed by atoms with E-state index in [0.717, 1.165) is 0 Å². The minimum Gasteiger partial charge on any atom is -0.486 e. The summed E-state index contributed by atoms with van der Waals surface area (Å²) in [5, 5.41) is 8.95. The van der Waals surface area contributed by atoms with Crippen molar-refractivity contribution >= 4 is 5.97 Å². The van der Waals surface area contributed by atoms with Crippen LogP contribution in [0.3, 0.4) is 0 Å². The Bertz CT molecular complexity index is 508. The Hall–Kier alpha value is -1.78. The lowest BCUT2D eigenvalue weighted by Gasteiger charge is -2.25. The highest BCUT2D eigenvalue weighted by atomic mass is 19.1. The van der Waals surface area contributed by atoms with E-state index >= 15 is 0 Å². The number of rotatable bonds is 3. The zero-order chi connectivity index (χ0) is 12.8. The molecular formula is C13H13FO4. The largest absolute Gasteiger partial charge is 0.486 e. The molecule has 96 valence electrons. The number of hydrogen-bond donors (Lipinski definition) is 1. The number of carbonyl (C=O) groups is 1. The number of carboxylic acids is 1. The van der Waals surface area contributed by atoms with E-state index in [1.165, 1.54) is 12.1 Å². The molecule has 2 aliphatic rings. The summed E-state index contributed by atoms with van der Waals surface area (Å²) >= 11 is 0. The lowest BCUT2D eigenvalue weighted by Crippen LogP contribution is -2.21. The predicted molar refractivity (Wildman–Crippen MR) is 60.6 cm³/mol. The van der Waals surface area contributed by atoms with E-state index in [4.69, 9.17) is 14.6 Å². The summed E-state index contributed by atoms with van der Waals surface area (Å²) in [5.74, 6) is -0.423. The lowest BCUT2D eigenvalue weighted by atomic mass is 9.90. The minimum absolute atomic E-state index is 0.0657. The van der Waals surface area contributed by atoms with Crippen LogP contribution in [0.15, 0.2) is 12.1 Å². The topological polar surface area (TPSA) is 55.8 Å². The monoisotopic (exact) mass is 252 g/mol. The van der Waals surface area contributed by atoms with Crippen LogP contribution in [0.1, 0.15) is 24.8 Å². The van der Waals surface area contributed by atoms with Crippen LogP contribution in [-0.4, -0.2) is 24.3 Å². The van der Waals surface area contributed by atoms with Gasteiger partial charge in [0.15, 0.2) is 11.5 Å². The fraction of sp³-hybridized carbons (Fsp3) is 0.462. The molecule has 0 aromatic heterocycles. The smallest absolute Gasteiger partial charge is 0.304 e. The van der Waals surface area contributed by atoms with Crippen molar-refractivity contribution in [1.29, 1.82) is 0 Å². The van der Waals surface area contributed by atoms with Crippen LogP contribution in [0.2, 0.25) is 0 Å². The van der Waals surface area contributed by atoms with Crippen LogP contribution in [0.4, 0.5) is 4.39 Å². The Labute approximate surface area is 103 Å². The van der Waals surface area contributed by atoms with Gasteiger partial charge in [0, 0.05) is 11.0 Å². The molecule has 1 fully saturated rings. The van der Waals surface area contributed by atoms with Gasteiger partial charge < -0.3 is 14.6 Å². The van der Waals surface area contributed by atoms with Gasteiger partial charge in [0.25, 0.3) is 0 Å². The third-order valence-electron chi connectivity index (χ3n) is 3.53. The zero-order valence-corrected chi connectivity index (χ0v) is 9.74. The molecule has 0 radical (unpaired) electrons. The highest BCUT2D eigenvalue weighted by Crippen LogP contribution is 2.56. The van der Waals surface area contributed by atoms with E-state index in [1.54, 1.807) is 0 Å². The molecule has 1 aromatic carbocycles. The normalized spacial score (nSPS) is 19.4. The van der Waals surface area contributed by atoms with Gasteiger partial charge in [-0.1, -0.05) is 0 Å². The van der Waals surface area contributed by atoms with Crippen molar-refractivity contribution in [2.75, 3.05) is 13.2 Å². The Balaban J connectivity index is 2.08. The highest BCUT2D eigenvalue weighted by Gasteiger charge is 2.50. The number of benzene rings is 1. The maximum atomic E-state index is 14.0. The van der Waals surface area contributed by atoms with Gasteiger partial charge in [0.1, 0.15) is 19.0 Å². The van der Waals surface area contributed by atoms with Gasteiger partial charge in [-0.25, -0.2) is 4.39 Å². The molecular weight excluding hydrogens is 239 g/mol. The second-order valence-corrected chi connectivity index (χ2v) is 4.80. The molecule has 0 atom stereocenters. The van der Waals surface area contributed by atoms with Crippen LogP contribution >= 0.6 is 0 Å². The summed E-state index contributed by atoms with van der Waals surface area (Å²) in [5.41, 5.74) is -0.232. The molecule has 1 N–H and O–H groups in total. The molecule has 1 aromatic rings. The molecule has 0 bridgehead atoms. The highest BCUT2D eigenvalue weighted by molar-refractivity contribution is 5.71. The maximum Gasteiger partial charge on any atom is 0.304 e. The molecule has 0 saturated heterocycles. The molecule has 4 nitrogen and oxygen atoms in total. The molecule has 1 saturated carbocycles. The first-order valence-corrected chi connectivity index (χ1v) is 5.93. The summed E-state index contributed by atoms with van der Waals surface area (Å²) < 4.78 is 24.9. The first-order valence-electron chi connectivity index (χ1n) is 5.93. The first kappa shape index (κ1) is 11.3. The van der Waals surface area contributed by atoms with Gasteiger partial charge in [-0.05, 0) is 25.0 Å². The fourth-order valence-electron chi connectivity index (χ4n) is 2.54. The van der Waals surface area contributed by atoms with Gasteiger partial charge in [0.2, 0.25) is 0 Å². The Morgan fingerprint density at radius 3 is 2.72 bits per heavy atom. The number of fused-ring (bicyclic) bond motifs is 1. The molecule has 0 unspecified atom stereocenters. The van der Waals surface area contributed by atoms with Crippen molar-refractivity contribution in [2.24, 2.45) is 0 Å². The van der Waals surface area contributed by atoms with E-state index in [9.17, 15) is 9.18 Å². The number of aliphatic carboxylic acids is 1. The summed E-state index contributed by atoms with van der Waals surface area (Å²) in [7, 11) is 0. The van der Waals surface area contributed by atoms with E-state index in [2.05, 4.69) is 0 Å². The van der Waals surface area contributed by atoms with Gasteiger partial charge in [-0.3, -0.25) is 4.79 Å². The first-order chi connectivity index (χ1) is 8.62. The molecule has 0 amide bonds. The molecule has 1 aliphatic carbocycles. The standard InChI is InChI=1S/C13H13FO4/c14-8-1-2-9-12(18-6-5-17-9)11(8)13(3-4-13)7-10(15)16/h1-2H,3-7H2,(H,15,16). The Kier molecular flexibility index (Phi) is 2.43. The zero-order valence-electron chi connectivity index (χ0n) is 9.74. The third-order valence-corrected chi connectivity index (χ3v) is 3.53. The van der Waals surface area contributed by atoms with Crippen LogP contribution in [0.5, 0.6) is 11.5 Å². The van der Waals surface area contributed by atoms with Gasteiger partial charge in [0.05, 0.1) is 6.42 Å². The second kappa shape index (κ2) is 3.86. The van der Waals surface area contributed by atoms with Crippen LogP contribution < -0.4 is 9.47 Å². The van der Waals surface area contributed by atoms with E-state index < -0.39 is 17.2 Å². The predicted octanol–water partition coefficient (Wildman–Crippen LogP) is 2.10. The number of carboxylic acid groups (broad SMARTS) is 1. The summed E-state index contributed by atoms with van der Waals surface area (Å²) in [6.07, 6.45) is 1.29. The van der Waals surface area contributed by atoms with Crippen molar-refractivity contribution in [3.8, 4) is 11.5 Å². The number of hydrogen-bond acceptors (Lipinski definition) is 3. The molecule has 3 rings (SSSR count). The van der Waals surface area contributed by atoms with E-state index in [0.29, 0.717) is 43.1 Å². The van der Waals surface area contributed by atoms with Crippen molar-refractivity contribution in [1.82, 2.24) is 0 Å². The molecule has 18 heavy (non-hydrogen) atoms. The minimum atomic E-state index is -0.916. The average molecular weight is 252 g/mol. The average Bonchev–Trinajstić information content (AvgIpc) is 3.08. The summed E-state index contributed by atoms with van der Waals surface area (Å²) in [6.45, 7) is 0.802. The van der Waals surface area contributed by atoms with E-state index in [1.807, 2.05) is 0 Å². The van der Waals surface area contributed by atoms with Crippen LogP contribution in [0.25, 0.3) is 0 Å². The molecule has 0 spiro atoms. The molecule has 5 heteroatoms. The van der Waals surface area contributed by atoms with E-state index in [-0.39, 0.29) is 6.42 Å². The maximum absolute atomic E-state index is 14.0. The molecule has 1 heterocycles. The quantitative estimate of drug-likeness (QED) is 0.895. The van der Waals surface area contributed by atoms with Gasteiger partial charge in [-0.15, -0.1) is 0 Å². The Morgan fingerprint density at radius 1 is 1.33 bits per heavy atom. The Morgan fingerprint density at radius 2 is 2.06 bits per heavy atom.